The van der Waals surface area contributed by atoms with Crippen LogP contribution in [-0.2, 0) is 4.79 Å². The van der Waals surface area contributed by atoms with E-state index in [1.165, 1.54) is 5.69 Å². The van der Waals surface area contributed by atoms with Crippen molar-refractivity contribution in [2.75, 3.05) is 33.3 Å². The Kier molecular flexibility index (Phi) is 4.93. The Hall–Kier alpha value is -2.34. The van der Waals surface area contributed by atoms with Crippen molar-refractivity contribution in [2.45, 2.75) is 25.2 Å². The second kappa shape index (κ2) is 7.50. The Morgan fingerprint density at radius 1 is 1.27 bits per heavy atom. The SMILES string of the molecule is COc1cccc(-c2cn[nH]c2C2CCN(C(=O)[C@@H]3CCNC3)CC2)c1. The van der Waals surface area contributed by atoms with Gasteiger partial charge in [-0.25, -0.2) is 0 Å². The molecule has 4 rings (SSSR count). The Balaban J connectivity index is 1.45. The number of hydrogen-bond acceptors (Lipinski definition) is 4. The van der Waals surface area contributed by atoms with Gasteiger partial charge in [-0.15, -0.1) is 0 Å². The first-order valence-corrected chi connectivity index (χ1v) is 9.43. The summed E-state index contributed by atoms with van der Waals surface area (Å²) in [6.07, 6.45) is 4.82. The lowest BCUT2D eigenvalue weighted by molar-refractivity contribution is -0.136. The minimum atomic E-state index is 0.172. The quantitative estimate of drug-likeness (QED) is 0.885. The van der Waals surface area contributed by atoms with Gasteiger partial charge in [0.15, 0.2) is 0 Å². The summed E-state index contributed by atoms with van der Waals surface area (Å²) in [6, 6.07) is 8.08. The van der Waals surface area contributed by atoms with Crippen molar-refractivity contribution >= 4 is 5.91 Å². The highest BCUT2D eigenvalue weighted by molar-refractivity contribution is 5.79. The van der Waals surface area contributed by atoms with E-state index in [-0.39, 0.29) is 5.92 Å². The molecule has 1 atom stereocenters. The number of H-pyrrole nitrogens is 1. The van der Waals surface area contributed by atoms with Crippen molar-refractivity contribution < 1.29 is 9.53 Å². The minimum Gasteiger partial charge on any atom is -0.497 e. The molecule has 0 radical (unpaired) electrons. The lowest BCUT2D eigenvalue weighted by Gasteiger charge is -2.33. The summed E-state index contributed by atoms with van der Waals surface area (Å²) in [4.78, 5) is 14.7. The molecule has 2 aliphatic heterocycles. The highest BCUT2D eigenvalue weighted by atomic mass is 16.5. The van der Waals surface area contributed by atoms with Crippen LogP contribution in [0.4, 0.5) is 0 Å². The fraction of sp³-hybridized carbons (Fsp3) is 0.500. The van der Waals surface area contributed by atoms with Gasteiger partial charge < -0.3 is 15.0 Å². The van der Waals surface area contributed by atoms with Crippen LogP contribution in [0.15, 0.2) is 30.5 Å². The van der Waals surface area contributed by atoms with Gasteiger partial charge in [-0.1, -0.05) is 12.1 Å². The van der Waals surface area contributed by atoms with E-state index >= 15 is 0 Å². The number of carbonyl (C=O) groups excluding carboxylic acids is 1. The van der Waals surface area contributed by atoms with E-state index in [4.69, 9.17) is 4.74 Å². The van der Waals surface area contributed by atoms with Crippen LogP contribution in [0.1, 0.15) is 30.9 Å². The van der Waals surface area contributed by atoms with Gasteiger partial charge in [-0.2, -0.15) is 5.10 Å². The van der Waals surface area contributed by atoms with Crippen LogP contribution in [0.5, 0.6) is 5.75 Å². The Morgan fingerprint density at radius 3 is 2.85 bits per heavy atom. The number of ether oxygens (including phenoxy) is 1. The molecule has 1 amide bonds. The van der Waals surface area contributed by atoms with Crippen LogP contribution >= 0.6 is 0 Å². The minimum absolute atomic E-state index is 0.172. The number of nitrogens with zero attached hydrogens (tertiary/aromatic N) is 2. The number of piperidine rings is 1. The molecule has 2 aromatic rings. The lowest BCUT2D eigenvalue weighted by atomic mass is 9.89. The molecule has 0 unspecified atom stereocenters. The highest BCUT2D eigenvalue weighted by Crippen LogP contribution is 2.35. The van der Waals surface area contributed by atoms with E-state index in [0.717, 1.165) is 62.3 Å². The molecule has 6 heteroatoms. The van der Waals surface area contributed by atoms with Gasteiger partial charge in [0.05, 0.1) is 19.2 Å². The van der Waals surface area contributed by atoms with E-state index in [1.807, 2.05) is 24.4 Å². The van der Waals surface area contributed by atoms with E-state index in [9.17, 15) is 4.79 Å². The number of aromatic amines is 1. The molecular formula is C20H26N4O2. The average molecular weight is 354 g/mol. The topological polar surface area (TPSA) is 70.2 Å². The molecule has 1 aromatic heterocycles. The first-order chi connectivity index (χ1) is 12.8. The van der Waals surface area contributed by atoms with Crippen LogP contribution in [0.25, 0.3) is 11.1 Å². The van der Waals surface area contributed by atoms with E-state index in [0.29, 0.717) is 11.8 Å². The monoisotopic (exact) mass is 354 g/mol. The molecule has 0 aliphatic carbocycles. The van der Waals surface area contributed by atoms with Gasteiger partial charge in [0.2, 0.25) is 5.91 Å². The third kappa shape index (κ3) is 3.33. The van der Waals surface area contributed by atoms with Crippen molar-refractivity contribution in [2.24, 2.45) is 5.92 Å². The summed E-state index contributed by atoms with van der Waals surface area (Å²) >= 11 is 0. The number of hydrogen-bond donors (Lipinski definition) is 2. The molecule has 6 nitrogen and oxygen atoms in total. The molecule has 2 fully saturated rings. The van der Waals surface area contributed by atoms with Crippen molar-refractivity contribution in [1.29, 1.82) is 0 Å². The number of aromatic nitrogens is 2. The molecule has 2 N–H and O–H groups in total. The second-order valence-corrected chi connectivity index (χ2v) is 7.22. The van der Waals surface area contributed by atoms with E-state index < -0.39 is 0 Å². The van der Waals surface area contributed by atoms with Crippen molar-refractivity contribution in [1.82, 2.24) is 20.4 Å². The Bertz CT molecular complexity index is 759. The normalized spacial score (nSPS) is 21.1. The molecule has 3 heterocycles. The van der Waals surface area contributed by atoms with Gasteiger partial charge in [0.25, 0.3) is 0 Å². The average Bonchev–Trinajstić information content (AvgIpc) is 3.39. The van der Waals surface area contributed by atoms with E-state index in [2.05, 4.69) is 26.5 Å². The number of likely N-dealkylation sites (tertiary alicyclic amines) is 1. The van der Waals surface area contributed by atoms with Crippen molar-refractivity contribution in [3.8, 4) is 16.9 Å². The highest BCUT2D eigenvalue weighted by Gasteiger charge is 2.31. The Labute approximate surface area is 153 Å². The summed E-state index contributed by atoms with van der Waals surface area (Å²) in [5, 5.41) is 10.8. The number of rotatable bonds is 4. The fourth-order valence-electron chi connectivity index (χ4n) is 4.14. The maximum atomic E-state index is 12.6. The van der Waals surface area contributed by atoms with Crippen LogP contribution in [0, 0.1) is 5.92 Å². The predicted molar refractivity (Wildman–Crippen MR) is 100 cm³/mol. The number of carbonyl (C=O) groups is 1. The van der Waals surface area contributed by atoms with Gasteiger partial charge in [-0.3, -0.25) is 9.89 Å². The van der Waals surface area contributed by atoms with E-state index in [1.54, 1.807) is 7.11 Å². The maximum Gasteiger partial charge on any atom is 0.227 e. The first-order valence-electron chi connectivity index (χ1n) is 9.43. The van der Waals surface area contributed by atoms with Crippen molar-refractivity contribution in [3.05, 3.63) is 36.2 Å². The van der Waals surface area contributed by atoms with Gasteiger partial charge in [0.1, 0.15) is 5.75 Å². The summed E-state index contributed by atoms with van der Waals surface area (Å²) in [6.45, 7) is 3.46. The van der Waals surface area contributed by atoms with Crippen LogP contribution in [0.2, 0.25) is 0 Å². The molecule has 0 spiro atoms. The zero-order chi connectivity index (χ0) is 17.9. The molecular weight excluding hydrogens is 328 g/mol. The van der Waals surface area contributed by atoms with Crippen LogP contribution in [-0.4, -0.2) is 54.3 Å². The van der Waals surface area contributed by atoms with Gasteiger partial charge in [-0.05, 0) is 43.5 Å². The van der Waals surface area contributed by atoms with Crippen LogP contribution in [0.3, 0.4) is 0 Å². The van der Waals surface area contributed by atoms with Gasteiger partial charge >= 0.3 is 0 Å². The number of benzene rings is 1. The zero-order valence-corrected chi connectivity index (χ0v) is 15.2. The fourth-order valence-corrected chi connectivity index (χ4v) is 4.14. The molecule has 0 bridgehead atoms. The largest absolute Gasteiger partial charge is 0.497 e. The Morgan fingerprint density at radius 2 is 2.12 bits per heavy atom. The molecule has 138 valence electrons. The second-order valence-electron chi connectivity index (χ2n) is 7.22. The number of methoxy groups -OCH3 is 1. The number of amides is 1. The van der Waals surface area contributed by atoms with Gasteiger partial charge in [0, 0.05) is 36.8 Å². The third-order valence-electron chi connectivity index (χ3n) is 5.67. The third-order valence-corrected chi connectivity index (χ3v) is 5.67. The standard InChI is InChI=1S/C20H26N4O2/c1-26-17-4-2-3-15(11-17)18-13-22-23-19(18)14-6-9-24(10-7-14)20(25)16-5-8-21-12-16/h2-4,11,13-14,16,21H,5-10,12H2,1H3,(H,22,23)/t16-/m1/s1. The maximum absolute atomic E-state index is 12.6. The zero-order valence-electron chi connectivity index (χ0n) is 15.2. The summed E-state index contributed by atoms with van der Waals surface area (Å²) in [5.41, 5.74) is 3.42. The predicted octanol–water partition coefficient (Wildman–Crippen LogP) is 2.40. The lowest BCUT2D eigenvalue weighted by Crippen LogP contribution is -2.42. The number of nitrogens with one attached hydrogen (secondary N) is 2. The van der Waals surface area contributed by atoms with Crippen molar-refractivity contribution in [3.63, 3.8) is 0 Å². The summed E-state index contributed by atoms with van der Waals surface area (Å²) in [7, 11) is 1.68. The molecule has 2 aliphatic rings. The smallest absolute Gasteiger partial charge is 0.227 e. The molecule has 2 saturated heterocycles. The molecule has 0 saturated carbocycles. The first kappa shape index (κ1) is 17.1. The summed E-state index contributed by atoms with van der Waals surface area (Å²) in [5.74, 6) is 1.75. The molecule has 26 heavy (non-hydrogen) atoms. The van der Waals surface area contributed by atoms with Crippen LogP contribution < -0.4 is 10.1 Å². The molecule has 1 aromatic carbocycles. The summed E-state index contributed by atoms with van der Waals surface area (Å²) < 4.78 is 5.35.